The van der Waals surface area contributed by atoms with E-state index in [4.69, 9.17) is 0 Å². The molecule has 1 saturated heterocycles. The molecule has 23 heavy (non-hydrogen) atoms. The third kappa shape index (κ3) is 4.50. The molecule has 2 heteroatoms. The number of hydrogen-bond acceptors (Lipinski definition) is 1. The van der Waals surface area contributed by atoms with Crippen LogP contribution in [0.5, 0.6) is 0 Å². The quantitative estimate of drug-likeness (QED) is 0.607. The molecule has 0 saturated carbocycles. The van der Waals surface area contributed by atoms with E-state index < -0.39 is 0 Å². The molecule has 0 unspecified atom stereocenters. The van der Waals surface area contributed by atoms with Gasteiger partial charge < -0.3 is 4.90 Å². The molecule has 1 fully saturated rings. The predicted octanol–water partition coefficient (Wildman–Crippen LogP) is 5.66. The second-order valence-electron chi connectivity index (χ2n) is 8.05. The molecule has 0 bridgehead atoms. The van der Waals surface area contributed by atoms with Crippen LogP contribution in [0, 0.1) is 11.3 Å². The molecule has 1 nitrogen and oxygen atoms in total. The van der Waals surface area contributed by atoms with Crippen molar-refractivity contribution in [1.29, 1.82) is 0 Å². The van der Waals surface area contributed by atoms with Gasteiger partial charge in [-0.05, 0) is 79.8 Å². The first kappa shape index (κ1) is 18.8. The van der Waals surface area contributed by atoms with Crippen LogP contribution >= 0.6 is 7.92 Å². The van der Waals surface area contributed by atoms with Gasteiger partial charge in [0.05, 0.1) is 0 Å². The van der Waals surface area contributed by atoms with Gasteiger partial charge in [-0.2, -0.15) is 0 Å². The van der Waals surface area contributed by atoms with Gasteiger partial charge in [0.1, 0.15) is 0 Å². The van der Waals surface area contributed by atoms with Crippen molar-refractivity contribution in [2.45, 2.75) is 59.8 Å². The molecule has 1 aromatic carbocycles. The molecule has 0 aliphatic carbocycles. The summed E-state index contributed by atoms with van der Waals surface area (Å²) in [6.45, 7) is 16.7. The maximum atomic E-state index is 2.70. The van der Waals surface area contributed by atoms with E-state index >= 15 is 0 Å². The zero-order chi connectivity index (χ0) is 17.0. The van der Waals surface area contributed by atoms with Gasteiger partial charge in [-0.1, -0.05) is 41.7 Å². The van der Waals surface area contributed by atoms with Crippen LogP contribution < -0.4 is 10.2 Å². The van der Waals surface area contributed by atoms with E-state index in [1.165, 1.54) is 56.4 Å². The van der Waals surface area contributed by atoms with Crippen molar-refractivity contribution >= 4 is 18.9 Å². The normalized spacial score (nSPS) is 18.0. The number of anilines is 1. The van der Waals surface area contributed by atoms with Crippen LogP contribution in [-0.4, -0.2) is 26.4 Å². The molecule has 0 aromatic heterocycles. The van der Waals surface area contributed by atoms with Crippen LogP contribution in [0.4, 0.5) is 5.69 Å². The topological polar surface area (TPSA) is 3.24 Å². The Hall–Kier alpha value is -0.550. The highest BCUT2D eigenvalue weighted by atomic mass is 31.1. The molecule has 1 aliphatic rings. The summed E-state index contributed by atoms with van der Waals surface area (Å²) in [6, 6.07) is 7.32. The van der Waals surface area contributed by atoms with Gasteiger partial charge in [0, 0.05) is 18.8 Å². The molecule has 0 radical (unpaired) electrons. The molecule has 1 heterocycles. The number of benzene rings is 1. The zero-order valence-corrected chi connectivity index (χ0v) is 17.0. The summed E-state index contributed by atoms with van der Waals surface area (Å²) in [7, 11) is -0.0634. The van der Waals surface area contributed by atoms with Crippen LogP contribution in [0.3, 0.4) is 0 Å². The Kier molecular flexibility index (Phi) is 6.55. The Morgan fingerprint density at radius 1 is 1.17 bits per heavy atom. The van der Waals surface area contributed by atoms with Crippen molar-refractivity contribution in [2.75, 3.05) is 31.3 Å². The number of piperidine rings is 1. The highest BCUT2D eigenvalue weighted by Gasteiger charge is 2.33. The smallest absolute Gasteiger partial charge is 0.0444 e. The summed E-state index contributed by atoms with van der Waals surface area (Å²) in [6.07, 6.45) is 6.58. The third-order valence-electron chi connectivity index (χ3n) is 5.67. The minimum absolute atomic E-state index is 0.0634. The summed E-state index contributed by atoms with van der Waals surface area (Å²) in [5, 5.41) is 1.61. The van der Waals surface area contributed by atoms with Crippen molar-refractivity contribution in [3.05, 3.63) is 23.8 Å². The van der Waals surface area contributed by atoms with Gasteiger partial charge >= 0.3 is 0 Å². The lowest BCUT2D eigenvalue weighted by atomic mass is 9.75. The molecule has 0 spiro atoms. The van der Waals surface area contributed by atoms with Crippen molar-refractivity contribution in [3.63, 3.8) is 0 Å². The maximum Gasteiger partial charge on any atom is 0.0444 e. The molecular formula is C21H36NP. The molecule has 1 aromatic rings. The summed E-state index contributed by atoms with van der Waals surface area (Å²) < 4.78 is 0. The second-order valence-corrected chi connectivity index (χ2v) is 10.3. The molecule has 130 valence electrons. The third-order valence-corrected chi connectivity index (χ3v) is 6.99. The molecule has 1 aliphatic heterocycles. The highest BCUT2D eigenvalue weighted by molar-refractivity contribution is 7.64. The number of nitrogens with zero attached hydrogens (tertiary/aromatic N) is 1. The predicted molar refractivity (Wildman–Crippen MR) is 108 cm³/mol. The fourth-order valence-electron chi connectivity index (χ4n) is 4.03. The van der Waals surface area contributed by atoms with Crippen LogP contribution in [-0.2, 0) is 6.42 Å². The van der Waals surface area contributed by atoms with Crippen LogP contribution in [0.2, 0.25) is 0 Å². The standard InChI is InChI=1S/C21H36NP/c1-7-21(8-2)12-9-13-22(16-21)19-11-10-18(14-17(3)4)15-20(19)23(5)6/h10-11,15,17H,7-9,12-14,16H2,1-6H3. The monoisotopic (exact) mass is 333 g/mol. The Labute approximate surface area is 145 Å². The fraction of sp³-hybridized carbons (Fsp3) is 0.714. The molecule has 0 atom stereocenters. The van der Waals surface area contributed by atoms with E-state index in [0.717, 1.165) is 5.92 Å². The Morgan fingerprint density at radius 3 is 2.43 bits per heavy atom. The van der Waals surface area contributed by atoms with Crippen molar-refractivity contribution in [3.8, 4) is 0 Å². The number of hydrogen-bond donors (Lipinski definition) is 0. The minimum Gasteiger partial charge on any atom is -0.370 e. The molecule has 2 rings (SSSR count). The molecule has 0 amide bonds. The first-order valence-electron chi connectivity index (χ1n) is 9.46. The van der Waals surface area contributed by atoms with Gasteiger partial charge in [0.25, 0.3) is 0 Å². The Balaban J connectivity index is 2.30. The van der Waals surface area contributed by atoms with Crippen molar-refractivity contribution in [1.82, 2.24) is 0 Å². The largest absolute Gasteiger partial charge is 0.370 e. The first-order chi connectivity index (χ1) is 10.9. The van der Waals surface area contributed by atoms with Crippen molar-refractivity contribution < 1.29 is 0 Å². The van der Waals surface area contributed by atoms with Gasteiger partial charge in [-0.3, -0.25) is 0 Å². The molecular weight excluding hydrogens is 297 g/mol. The maximum absolute atomic E-state index is 2.70. The lowest BCUT2D eigenvalue weighted by Crippen LogP contribution is -2.44. The van der Waals surface area contributed by atoms with E-state index in [-0.39, 0.29) is 7.92 Å². The summed E-state index contributed by atoms with van der Waals surface area (Å²) in [4.78, 5) is 2.70. The number of rotatable bonds is 6. The average molecular weight is 334 g/mol. The van der Waals surface area contributed by atoms with Gasteiger partial charge in [-0.15, -0.1) is 0 Å². The lowest BCUT2D eigenvalue weighted by molar-refractivity contribution is 0.213. The van der Waals surface area contributed by atoms with Crippen LogP contribution in [0.25, 0.3) is 0 Å². The van der Waals surface area contributed by atoms with E-state index in [0.29, 0.717) is 5.41 Å². The minimum atomic E-state index is -0.0634. The summed E-state index contributed by atoms with van der Waals surface area (Å²) >= 11 is 0. The second kappa shape index (κ2) is 8.02. The Bertz CT molecular complexity index is 503. The van der Waals surface area contributed by atoms with E-state index in [1.807, 2.05) is 0 Å². The van der Waals surface area contributed by atoms with Crippen molar-refractivity contribution in [2.24, 2.45) is 11.3 Å². The first-order valence-corrected chi connectivity index (χ1v) is 11.7. The van der Waals surface area contributed by atoms with E-state index in [1.54, 1.807) is 5.30 Å². The highest BCUT2D eigenvalue weighted by Crippen LogP contribution is 2.40. The van der Waals surface area contributed by atoms with Gasteiger partial charge in [-0.25, -0.2) is 0 Å². The van der Waals surface area contributed by atoms with E-state index in [2.05, 4.69) is 64.1 Å². The fourth-order valence-corrected chi connectivity index (χ4v) is 5.13. The molecule has 0 N–H and O–H groups in total. The summed E-state index contributed by atoms with van der Waals surface area (Å²) in [5.74, 6) is 0.733. The SMILES string of the molecule is CCC1(CC)CCCN(c2ccc(CC(C)C)cc2P(C)C)C1. The van der Waals surface area contributed by atoms with Gasteiger partial charge in [0.15, 0.2) is 0 Å². The average Bonchev–Trinajstić information content (AvgIpc) is 2.54. The zero-order valence-electron chi connectivity index (χ0n) is 16.2. The van der Waals surface area contributed by atoms with Gasteiger partial charge in [0.2, 0.25) is 0 Å². The van der Waals surface area contributed by atoms with Crippen LogP contribution in [0.15, 0.2) is 18.2 Å². The Morgan fingerprint density at radius 2 is 1.87 bits per heavy atom. The summed E-state index contributed by atoms with van der Waals surface area (Å²) in [5.41, 5.74) is 3.58. The lowest BCUT2D eigenvalue weighted by Gasteiger charge is -2.44. The van der Waals surface area contributed by atoms with E-state index in [9.17, 15) is 0 Å². The van der Waals surface area contributed by atoms with Crippen LogP contribution in [0.1, 0.15) is 58.9 Å².